The Morgan fingerprint density at radius 1 is 1.22 bits per heavy atom. The van der Waals surface area contributed by atoms with Crippen LogP contribution in [0.4, 0.5) is 8.78 Å². The molecule has 0 spiro atoms. The molecule has 0 unspecified atom stereocenters. The number of hydrogen-bond acceptors (Lipinski definition) is 2. The number of nitrogens with one attached hydrogen (secondary N) is 1. The Morgan fingerprint density at radius 3 is 2.33 bits per heavy atom. The second-order valence-corrected chi connectivity index (χ2v) is 6.53. The van der Waals surface area contributed by atoms with Crippen molar-refractivity contribution in [2.24, 2.45) is 5.92 Å². The van der Waals surface area contributed by atoms with Crippen molar-refractivity contribution in [2.45, 2.75) is 57.5 Å². The van der Waals surface area contributed by atoms with Crippen LogP contribution in [0.15, 0.2) is 0 Å². The van der Waals surface area contributed by atoms with Crippen LogP contribution in [0.2, 0.25) is 0 Å². The van der Waals surface area contributed by atoms with Crippen molar-refractivity contribution >= 4 is 5.91 Å². The molecule has 2 fully saturated rings. The zero-order chi connectivity index (χ0) is 13.5. The lowest BCUT2D eigenvalue weighted by atomic mass is 9.82. The van der Waals surface area contributed by atoms with Gasteiger partial charge in [0.2, 0.25) is 5.91 Å². The Bertz CT molecular complexity index is 323. The molecule has 18 heavy (non-hydrogen) atoms. The minimum atomic E-state index is -1.03. The summed E-state index contributed by atoms with van der Waals surface area (Å²) in [4.78, 5) is 13.5. The molecule has 104 valence electrons. The fourth-order valence-electron chi connectivity index (χ4n) is 2.64. The number of alkyl halides is 2. The van der Waals surface area contributed by atoms with Gasteiger partial charge in [0.25, 0.3) is 0 Å². The van der Waals surface area contributed by atoms with Crippen LogP contribution in [0.25, 0.3) is 0 Å². The number of likely N-dealkylation sites (tertiary alicyclic amines) is 1. The summed E-state index contributed by atoms with van der Waals surface area (Å²) in [5, 5.41) is 3.19. The third-order valence-corrected chi connectivity index (χ3v) is 3.61. The van der Waals surface area contributed by atoms with Crippen molar-refractivity contribution in [3.05, 3.63) is 0 Å². The van der Waals surface area contributed by atoms with Gasteiger partial charge in [-0.15, -0.1) is 0 Å². The first kappa shape index (κ1) is 13.7. The van der Waals surface area contributed by atoms with E-state index in [-0.39, 0.29) is 30.0 Å². The molecule has 1 saturated heterocycles. The lowest BCUT2D eigenvalue weighted by Gasteiger charge is -2.32. The van der Waals surface area contributed by atoms with E-state index >= 15 is 0 Å². The van der Waals surface area contributed by atoms with Crippen molar-refractivity contribution in [1.29, 1.82) is 0 Å². The van der Waals surface area contributed by atoms with Gasteiger partial charge in [0.05, 0.1) is 12.6 Å². The topological polar surface area (TPSA) is 32.3 Å². The van der Waals surface area contributed by atoms with Crippen LogP contribution in [-0.4, -0.2) is 47.8 Å². The first-order chi connectivity index (χ1) is 8.26. The third-order valence-electron chi connectivity index (χ3n) is 3.61. The molecule has 1 heterocycles. The Kier molecular flexibility index (Phi) is 3.63. The van der Waals surface area contributed by atoms with Crippen molar-refractivity contribution in [2.75, 3.05) is 13.1 Å². The number of carbonyl (C=O) groups is 1. The van der Waals surface area contributed by atoms with Gasteiger partial charge < -0.3 is 10.2 Å². The van der Waals surface area contributed by atoms with Gasteiger partial charge in [-0.2, -0.15) is 0 Å². The Labute approximate surface area is 107 Å². The van der Waals surface area contributed by atoms with Crippen LogP contribution >= 0.6 is 0 Å². The summed E-state index contributed by atoms with van der Waals surface area (Å²) >= 11 is 0. The lowest BCUT2D eigenvalue weighted by Crippen LogP contribution is -2.49. The summed E-state index contributed by atoms with van der Waals surface area (Å²) in [7, 11) is 0. The zero-order valence-corrected chi connectivity index (χ0v) is 11.2. The van der Waals surface area contributed by atoms with Gasteiger partial charge in [0, 0.05) is 18.0 Å². The van der Waals surface area contributed by atoms with Gasteiger partial charge in [-0.25, -0.2) is 8.78 Å². The minimum absolute atomic E-state index is 0.0789. The number of hydrogen-bond donors (Lipinski definition) is 1. The standard InChI is InChI=1S/C13H22F2N2O/c1-13(2,3)16-11-7-17(6-10(11)15)12(18)8-4-9(14)5-8/h8-11,16H,4-7H2,1-3H3/t8?,9?,10-,11+/m0/s1. The highest BCUT2D eigenvalue weighted by atomic mass is 19.1. The van der Waals surface area contributed by atoms with Crippen molar-refractivity contribution in [3.63, 3.8) is 0 Å². The molecular formula is C13H22F2N2O. The number of rotatable bonds is 2. The summed E-state index contributed by atoms with van der Waals surface area (Å²) in [5.74, 6) is -0.301. The fourth-order valence-corrected chi connectivity index (χ4v) is 2.64. The number of nitrogens with zero attached hydrogens (tertiary/aromatic N) is 1. The molecule has 1 saturated carbocycles. The van der Waals surface area contributed by atoms with E-state index in [0.717, 1.165) is 0 Å². The highest BCUT2D eigenvalue weighted by Crippen LogP contribution is 2.32. The zero-order valence-electron chi connectivity index (χ0n) is 11.2. The monoisotopic (exact) mass is 260 g/mol. The molecule has 1 aliphatic carbocycles. The number of amides is 1. The quantitative estimate of drug-likeness (QED) is 0.819. The van der Waals surface area contributed by atoms with E-state index in [1.165, 1.54) is 0 Å². The predicted octanol–water partition coefficient (Wildman–Crippen LogP) is 1.67. The van der Waals surface area contributed by atoms with E-state index in [4.69, 9.17) is 0 Å². The molecule has 0 aromatic carbocycles. The Balaban J connectivity index is 1.88. The van der Waals surface area contributed by atoms with Crippen molar-refractivity contribution in [3.8, 4) is 0 Å². The number of halogens is 2. The van der Waals surface area contributed by atoms with Gasteiger partial charge in [-0.05, 0) is 33.6 Å². The molecule has 0 aromatic heterocycles. The Morgan fingerprint density at radius 2 is 1.83 bits per heavy atom. The Hall–Kier alpha value is -0.710. The second-order valence-electron chi connectivity index (χ2n) is 6.53. The van der Waals surface area contributed by atoms with Crippen LogP contribution in [0.1, 0.15) is 33.6 Å². The molecule has 0 bridgehead atoms. The maximum atomic E-state index is 13.9. The van der Waals surface area contributed by atoms with Crippen LogP contribution in [-0.2, 0) is 4.79 Å². The molecule has 0 aromatic rings. The smallest absolute Gasteiger partial charge is 0.226 e. The largest absolute Gasteiger partial charge is 0.338 e. The maximum Gasteiger partial charge on any atom is 0.226 e. The van der Waals surface area contributed by atoms with E-state index in [1.807, 2.05) is 20.8 Å². The predicted molar refractivity (Wildman–Crippen MR) is 65.8 cm³/mol. The van der Waals surface area contributed by atoms with Crippen LogP contribution in [0.3, 0.4) is 0 Å². The average Bonchev–Trinajstić information content (AvgIpc) is 2.52. The average molecular weight is 260 g/mol. The molecule has 2 aliphatic rings. The molecule has 2 atom stereocenters. The van der Waals surface area contributed by atoms with Crippen molar-refractivity contribution in [1.82, 2.24) is 10.2 Å². The molecule has 5 heteroatoms. The first-order valence-electron chi connectivity index (χ1n) is 6.61. The van der Waals surface area contributed by atoms with Crippen molar-refractivity contribution < 1.29 is 13.6 Å². The summed E-state index contributed by atoms with van der Waals surface area (Å²) in [6.45, 7) is 6.46. The highest BCUT2D eigenvalue weighted by molar-refractivity contribution is 5.80. The first-order valence-corrected chi connectivity index (χ1v) is 6.61. The van der Waals surface area contributed by atoms with Crippen LogP contribution in [0.5, 0.6) is 0 Å². The van der Waals surface area contributed by atoms with Gasteiger partial charge >= 0.3 is 0 Å². The van der Waals surface area contributed by atoms with Gasteiger partial charge in [0.1, 0.15) is 12.3 Å². The SMILES string of the molecule is CC(C)(C)N[C@@H]1CN(C(=O)C2CC(F)C2)C[C@@H]1F. The van der Waals surface area contributed by atoms with E-state index in [0.29, 0.717) is 19.4 Å². The molecule has 1 amide bonds. The van der Waals surface area contributed by atoms with Gasteiger partial charge in [-0.3, -0.25) is 4.79 Å². The van der Waals surface area contributed by atoms with E-state index < -0.39 is 12.3 Å². The maximum absolute atomic E-state index is 13.9. The van der Waals surface area contributed by atoms with Gasteiger partial charge in [0.15, 0.2) is 0 Å². The van der Waals surface area contributed by atoms with E-state index in [9.17, 15) is 13.6 Å². The van der Waals surface area contributed by atoms with Gasteiger partial charge in [-0.1, -0.05) is 0 Å². The third kappa shape index (κ3) is 2.99. The van der Waals surface area contributed by atoms with E-state index in [2.05, 4.69) is 5.32 Å². The fraction of sp³-hybridized carbons (Fsp3) is 0.923. The summed E-state index contributed by atoms with van der Waals surface area (Å²) in [6.07, 6.45) is -1.26. The van der Waals surface area contributed by atoms with Crippen LogP contribution in [0, 0.1) is 5.92 Å². The molecule has 1 aliphatic heterocycles. The summed E-state index contributed by atoms with van der Waals surface area (Å²) in [5.41, 5.74) is -0.172. The molecule has 2 rings (SSSR count). The molecule has 1 N–H and O–H groups in total. The molecular weight excluding hydrogens is 238 g/mol. The summed E-state index contributed by atoms with van der Waals surface area (Å²) in [6, 6.07) is -0.310. The second kappa shape index (κ2) is 4.76. The molecule has 0 radical (unpaired) electrons. The summed E-state index contributed by atoms with van der Waals surface area (Å²) < 4.78 is 26.6. The van der Waals surface area contributed by atoms with Crippen LogP contribution < -0.4 is 5.32 Å². The lowest BCUT2D eigenvalue weighted by molar-refractivity contribution is -0.139. The highest BCUT2D eigenvalue weighted by Gasteiger charge is 2.42. The molecule has 3 nitrogen and oxygen atoms in total. The number of carbonyl (C=O) groups excluding carboxylic acids is 1. The normalized spacial score (nSPS) is 36.6. The van der Waals surface area contributed by atoms with E-state index in [1.54, 1.807) is 4.90 Å². The minimum Gasteiger partial charge on any atom is -0.338 e.